The summed E-state index contributed by atoms with van der Waals surface area (Å²) in [6, 6.07) is 1.45. The molecule has 1 N–H and O–H groups in total. The van der Waals surface area contributed by atoms with E-state index in [4.69, 9.17) is 0 Å². The number of nitrogens with one attached hydrogen (secondary N) is 1. The zero-order valence-corrected chi connectivity index (χ0v) is 11.1. The first-order valence-electron chi connectivity index (χ1n) is 6.98. The lowest BCUT2D eigenvalue weighted by molar-refractivity contribution is 0.0875. The fourth-order valence-corrected chi connectivity index (χ4v) is 3.25. The Labute approximate surface area is 108 Å². The SMILES string of the molecule is CC(C)n1cc(C(=O)C2CC3CCC(C2)N3)cn1. The molecule has 0 saturated carbocycles. The predicted octanol–water partition coefficient (Wildman–Crippen LogP) is 2.18. The van der Waals surface area contributed by atoms with Crippen molar-refractivity contribution >= 4 is 5.78 Å². The van der Waals surface area contributed by atoms with Crippen molar-refractivity contribution in [3.05, 3.63) is 18.0 Å². The maximum atomic E-state index is 12.5. The summed E-state index contributed by atoms with van der Waals surface area (Å²) in [4.78, 5) is 12.5. The van der Waals surface area contributed by atoms with Gasteiger partial charge < -0.3 is 5.32 Å². The Morgan fingerprint density at radius 1 is 1.39 bits per heavy atom. The van der Waals surface area contributed by atoms with E-state index < -0.39 is 0 Å². The van der Waals surface area contributed by atoms with E-state index in [1.54, 1.807) is 6.20 Å². The van der Waals surface area contributed by atoms with Gasteiger partial charge in [-0.2, -0.15) is 5.10 Å². The number of nitrogens with zero attached hydrogens (tertiary/aromatic N) is 2. The van der Waals surface area contributed by atoms with Gasteiger partial charge in [0.05, 0.1) is 11.8 Å². The fraction of sp³-hybridized carbons (Fsp3) is 0.714. The van der Waals surface area contributed by atoms with Crippen molar-refractivity contribution < 1.29 is 4.79 Å². The van der Waals surface area contributed by atoms with Crippen LogP contribution in [0.4, 0.5) is 0 Å². The molecule has 3 rings (SSSR count). The van der Waals surface area contributed by atoms with Crippen LogP contribution in [0, 0.1) is 5.92 Å². The van der Waals surface area contributed by atoms with E-state index in [0.717, 1.165) is 18.4 Å². The van der Waals surface area contributed by atoms with E-state index >= 15 is 0 Å². The summed E-state index contributed by atoms with van der Waals surface area (Å²) in [5.74, 6) is 0.494. The average Bonchev–Trinajstić information content (AvgIpc) is 2.95. The summed E-state index contributed by atoms with van der Waals surface area (Å²) in [6.07, 6.45) is 8.10. The van der Waals surface area contributed by atoms with E-state index in [9.17, 15) is 4.79 Å². The minimum atomic E-state index is 0.202. The summed E-state index contributed by atoms with van der Waals surface area (Å²) < 4.78 is 1.86. The fourth-order valence-electron chi connectivity index (χ4n) is 3.25. The average molecular weight is 247 g/mol. The van der Waals surface area contributed by atoms with Gasteiger partial charge in [0.2, 0.25) is 0 Å². The Balaban J connectivity index is 1.73. The molecule has 0 spiro atoms. The van der Waals surface area contributed by atoms with E-state index in [1.807, 2.05) is 10.9 Å². The number of carbonyl (C=O) groups is 1. The molecule has 0 amide bonds. The molecule has 2 bridgehead atoms. The Bertz CT molecular complexity index is 440. The van der Waals surface area contributed by atoms with Gasteiger partial charge in [0.15, 0.2) is 5.78 Å². The Morgan fingerprint density at radius 3 is 2.61 bits per heavy atom. The molecule has 1 aromatic rings. The van der Waals surface area contributed by atoms with Crippen LogP contribution in [-0.4, -0.2) is 27.6 Å². The van der Waals surface area contributed by atoms with Gasteiger partial charge in [0.25, 0.3) is 0 Å². The molecular weight excluding hydrogens is 226 g/mol. The highest BCUT2D eigenvalue weighted by Crippen LogP contribution is 2.32. The summed E-state index contributed by atoms with van der Waals surface area (Å²) in [6.45, 7) is 4.15. The van der Waals surface area contributed by atoms with Gasteiger partial charge in [-0.1, -0.05) is 0 Å². The van der Waals surface area contributed by atoms with Crippen molar-refractivity contribution in [2.24, 2.45) is 5.92 Å². The minimum Gasteiger partial charge on any atom is -0.311 e. The molecule has 2 aliphatic heterocycles. The van der Waals surface area contributed by atoms with Gasteiger partial charge in [-0.3, -0.25) is 9.48 Å². The molecular formula is C14H21N3O. The van der Waals surface area contributed by atoms with E-state index in [2.05, 4.69) is 24.3 Å². The second kappa shape index (κ2) is 4.50. The van der Waals surface area contributed by atoms with Crippen LogP contribution in [-0.2, 0) is 0 Å². The van der Waals surface area contributed by atoms with Gasteiger partial charge >= 0.3 is 0 Å². The normalized spacial score (nSPS) is 30.9. The smallest absolute Gasteiger partial charge is 0.169 e. The third-order valence-electron chi connectivity index (χ3n) is 4.26. The van der Waals surface area contributed by atoms with Crippen LogP contribution in [0.3, 0.4) is 0 Å². The summed E-state index contributed by atoms with van der Waals surface area (Å²) >= 11 is 0. The second-order valence-corrected chi connectivity index (χ2v) is 5.97. The van der Waals surface area contributed by atoms with Crippen LogP contribution < -0.4 is 5.32 Å². The molecule has 2 unspecified atom stereocenters. The van der Waals surface area contributed by atoms with E-state index in [-0.39, 0.29) is 5.92 Å². The van der Waals surface area contributed by atoms with Crippen LogP contribution in [0.1, 0.15) is 55.9 Å². The predicted molar refractivity (Wildman–Crippen MR) is 69.6 cm³/mol. The number of Topliss-reactive ketones (excluding diaryl/α,β-unsaturated/α-hetero) is 1. The molecule has 18 heavy (non-hydrogen) atoms. The third kappa shape index (κ3) is 2.09. The number of hydrogen-bond donors (Lipinski definition) is 1. The van der Waals surface area contributed by atoms with Gasteiger partial charge in [-0.15, -0.1) is 0 Å². The van der Waals surface area contributed by atoms with Crippen molar-refractivity contribution in [3.8, 4) is 0 Å². The van der Waals surface area contributed by atoms with Crippen molar-refractivity contribution in [1.29, 1.82) is 0 Å². The lowest BCUT2D eigenvalue weighted by atomic mass is 9.87. The maximum absolute atomic E-state index is 12.5. The molecule has 4 heteroatoms. The largest absolute Gasteiger partial charge is 0.311 e. The standard InChI is InChI=1S/C14H21N3O/c1-9(2)17-8-11(7-15-17)14(18)10-5-12-3-4-13(6-10)16-12/h7-10,12-13,16H,3-6H2,1-2H3. The molecule has 0 aromatic carbocycles. The third-order valence-corrected chi connectivity index (χ3v) is 4.26. The molecule has 1 aromatic heterocycles. The molecule has 2 fully saturated rings. The summed E-state index contributed by atoms with van der Waals surface area (Å²) in [5, 5.41) is 7.84. The van der Waals surface area contributed by atoms with Crippen LogP contribution >= 0.6 is 0 Å². The number of carbonyl (C=O) groups excluding carboxylic acids is 1. The summed E-state index contributed by atoms with van der Waals surface area (Å²) in [5.41, 5.74) is 0.787. The first kappa shape index (κ1) is 11.9. The monoisotopic (exact) mass is 247 g/mol. The number of fused-ring (bicyclic) bond motifs is 2. The molecule has 4 nitrogen and oxygen atoms in total. The molecule has 3 heterocycles. The number of hydrogen-bond acceptors (Lipinski definition) is 3. The molecule has 2 saturated heterocycles. The first-order valence-corrected chi connectivity index (χ1v) is 6.98. The number of piperidine rings is 1. The maximum Gasteiger partial charge on any atom is 0.169 e. The van der Waals surface area contributed by atoms with Crippen molar-refractivity contribution in [2.45, 2.75) is 57.7 Å². The van der Waals surface area contributed by atoms with E-state index in [0.29, 0.717) is 23.9 Å². The Hall–Kier alpha value is -1.16. The number of rotatable bonds is 3. The Kier molecular flexibility index (Phi) is 2.98. The molecule has 0 radical (unpaired) electrons. The number of ketones is 1. The highest BCUT2D eigenvalue weighted by Gasteiger charge is 2.37. The van der Waals surface area contributed by atoms with E-state index in [1.165, 1.54) is 12.8 Å². The molecule has 98 valence electrons. The quantitative estimate of drug-likeness (QED) is 0.833. The topological polar surface area (TPSA) is 46.9 Å². The van der Waals surface area contributed by atoms with Crippen molar-refractivity contribution in [1.82, 2.24) is 15.1 Å². The lowest BCUT2D eigenvalue weighted by Crippen LogP contribution is -2.40. The lowest BCUT2D eigenvalue weighted by Gasteiger charge is -2.27. The zero-order valence-electron chi connectivity index (χ0n) is 11.1. The molecule has 2 atom stereocenters. The molecule has 2 aliphatic rings. The highest BCUT2D eigenvalue weighted by molar-refractivity contribution is 5.97. The van der Waals surface area contributed by atoms with Gasteiger partial charge in [-0.25, -0.2) is 0 Å². The van der Waals surface area contributed by atoms with Crippen LogP contribution in [0.15, 0.2) is 12.4 Å². The van der Waals surface area contributed by atoms with Gasteiger partial charge in [-0.05, 0) is 39.5 Å². The molecule has 0 aliphatic carbocycles. The van der Waals surface area contributed by atoms with Crippen molar-refractivity contribution in [3.63, 3.8) is 0 Å². The van der Waals surface area contributed by atoms with Crippen LogP contribution in [0.25, 0.3) is 0 Å². The van der Waals surface area contributed by atoms with Gasteiger partial charge in [0, 0.05) is 30.2 Å². The number of aromatic nitrogens is 2. The second-order valence-electron chi connectivity index (χ2n) is 5.97. The Morgan fingerprint density at radius 2 is 2.06 bits per heavy atom. The van der Waals surface area contributed by atoms with Crippen molar-refractivity contribution in [2.75, 3.05) is 0 Å². The minimum absolute atomic E-state index is 0.202. The van der Waals surface area contributed by atoms with Crippen LogP contribution in [0.5, 0.6) is 0 Å². The highest BCUT2D eigenvalue weighted by atomic mass is 16.1. The summed E-state index contributed by atoms with van der Waals surface area (Å²) in [7, 11) is 0. The van der Waals surface area contributed by atoms with Crippen LogP contribution in [0.2, 0.25) is 0 Å². The van der Waals surface area contributed by atoms with Gasteiger partial charge in [0.1, 0.15) is 0 Å². The zero-order chi connectivity index (χ0) is 12.7. The first-order chi connectivity index (χ1) is 8.63.